The molecule has 4 rings (SSSR count). The number of rotatable bonds is 5. The summed E-state index contributed by atoms with van der Waals surface area (Å²) < 4.78 is 71.4. The highest BCUT2D eigenvalue weighted by Gasteiger charge is 2.48. The van der Waals surface area contributed by atoms with E-state index in [4.69, 9.17) is 27.9 Å². The van der Waals surface area contributed by atoms with Gasteiger partial charge in [0.05, 0.1) is 17.9 Å². The standard InChI is InChI=1S/C24H26Cl2F3N3O6S/c1-23(2,3)37-22(34)32-20-6-4-5-19(16(20)12-30-32)31-8-7-13(21(31)33)9-15-17(25)10-14(11-18(15)26)38-39(35,36)24(27,28)29/h10-13,19H,4-9H2,1-3H3/t13-,19?/m0/s1. The van der Waals surface area contributed by atoms with Crippen LogP contribution in [0.1, 0.15) is 62.9 Å². The molecule has 2 aromatic rings. The van der Waals surface area contributed by atoms with Crippen LogP contribution in [0.5, 0.6) is 5.75 Å². The predicted octanol–water partition coefficient (Wildman–Crippen LogP) is 5.67. The molecular weight excluding hydrogens is 586 g/mol. The van der Waals surface area contributed by atoms with Gasteiger partial charge in [-0.2, -0.15) is 31.4 Å². The van der Waals surface area contributed by atoms with Crippen LogP contribution in [0.3, 0.4) is 0 Å². The number of nitrogens with zero attached hydrogens (tertiary/aromatic N) is 3. The lowest BCUT2D eigenvalue weighted by molar-refractivity contribution is -0.133. The number of carbonyl (C=O) groups excluding carboxylic acids is 2. The van der Waals surface area contributed by atoms with Crippen LogP contribution >= 0.6 is 23.2 Å². The molecule has 1 fully saturated rings. The van der Waals surface area contributed by atoms with E-state index in [1.165, 1.54) is 4.68 Å². The van der Waals surface area contributed by atoms with E-state index >= 15 is 0 Å². The molecule has 1 aliphatic carbocycles. The lowest BCUT2D eigenvalue weighted by Gasteiger charge is -2.31. The summed E-state index contributed by atoms with van der Waals surface area (Å²) in [7, 11) is -5.90. The summed E-state index contributed by atoms with van der Waals surface area (Å²) in [4.78, 5) is 27.8. The van der Waals surface area contributed by atoms with Crippen LogP contribution in [0.25, 0.3) is 0 Å². The second-order valence-corrected chi connectivity index (χ2v) is 12.8. The average molecular weight is 612 g/mol. The van der Waals surface area contributed by atoms with E-state index in [2.05, 4.69) is 9.28 Å². The molecule has 1 aromatic heterocycles. The van der Waals surface area contributed by atoms with E-state index in [-0.39, 0.29) is 34.0 Å². The zero-order valence-corrected chi connectivity index (χ0v) is 23.5. The molecule has 1 aliphatic heterocycles. The van der Waals surface area contributed by atoms with Crippen LogP contribution in [0.15, 0.2) is 18.3 Å². The van der Waals surface area contributed by atoms with Crippen molar-refractivity contribution in [3.8, 4) is 5.75 Å². The van der Waals surface area contributed by atoms with Crippen molar-refractivity contribution in [1.82, 2.24) is 14.7 Å². The SMILES string of the molecule is CC(C)(C)OC(=O)n1ncc2c1CCCC2N1CC[C@@H](Cc2c(Cl)cc(OS(=O)(=O)C(F)(F)F)cc2Cl)C1=O. The molecule has 0 radical (unpaired) electrons. The zero-order chi connectivity index (χ0) is 28.9. The van der Waals surface area contributed by atoms with Crippen molar-refractivity contribution in [2.45, 2.75) is 70.0 Å². The third-order valence-electron chi connectivity index (χ3n) is 6.50. The quantitative estimate of drug-likeness (QED) is 0.316. The Morgan fingerprint density at radius 3 is 2.38 bits per heavy atom. The van der Waals surface area contributed by atoms with Gasteiger partial charge in [0.25, 0.3) is 0 Å². The van der Waals surface area contributed by atoms with Crippen molar-refractivity contribution in [2.75, 3.05) is 6.54 Å². The van der Waals surface area contributed by atoms with Crippen LogP contribution in [0, 0.1) is 5.92 Å². The van der Waals surface area contributed by atoms with Crippen LogP contribution < -0.4 is 4.18 Å². The van der Waals surface area contributed by atoms with Crippen molar-refractivity contribution >= 4 is 45.3 Å². The predicted molar refractivity (Wildman–Crippen MR) is 135 cm³/mol. The molecule has 0 N–H and O–H groups in total. The molecule has 0 saturated carbocycles. The van der Waals surface area contributed by atoms with Crippen LogP contribution in [-0.4, -0.2) is 52.8 Å². The van der Waals surface area contributed by atoms with E-state index in [1.54, 1.807) is 31.9 Å². The summed E-state index contributed by atoms with van der Waals surface area (Å²) in [6, 6.07) is 1.56. The van der Waals surface area contributed by atoms with E-state index in [0.29, 0.717) is 31.5 Å². The van der Waals surface area contributed by atoms with Gasteiger partial charge in [0, 0.05) is 40.2 Å². The van der Waals surface area contributed by atoms with Crippen LogP contribution in [0.4, 0.5) is 18.0 Å². The minimum Gasteiger partial charge on any atom is -0.442 e. The van der Waals surface area contributed by atoms with Crippen LogP contribution in [-0.2, 0) is 32.5 Å². The number of alkyl halides is 3. The summed E-state index contributed by atoms with van der Waals surface area (Å²) in [5, 5.41) is 3.98. The van der Waals surface area contributed by atoms with E-state index in [9.17, 15) is 31.2 Å². The number of benzene rings is 1. The minimum absolute atomic E-state index is 0.0933. The van der Waals surface area contributed by atoms with Gasteiger partial charge in [0.1, 0.15) is 11.4 Å². The third kappa shape index (κ3) is 6.14. The van der Waals surface area contributed by atoms with Gasteiger partial charge in [-0.05, 0) is 58.4 Å². The van der Waals surface area contributed by atoms with Crippen molar-refractivity contribution < 1.29 is 40.1 Å². The number of fused-ring (bicyclic) bond motifs is 1. The molecule has 1 amide bonds. The lowest BCUT2D eigenvalue weighted by Crippen LogP contribution is -2.35. The minimum atomic E-state index is -5.90. The fourth-order valence-electron chi connectivity index (χ4n) is 4.82. The van der Waals surface area contributed by atoms with E-state index in [1.807, 2.05) is 0 Å². The smallest absolute Gasteiger partial charge is 0.442 e. The maximum atomic E-state index is 13.4. The monoisotopic (exact) mass is 611 g/mol. The first-order valence-electron chi connectivity index (χ1n) is 12.1. The normalized spacial score (nSPS) is 20.2. The Balaban J connectivity index is 1.50. The van der Waals surface area contributed by atoms with Crippen molar-refractivity contribution in [2.24, 2.45) is 5.92 Å². The Bertz CT molecular complexity index is 1380. The number of carbonyl (C=O) groups is 2. The van der Waals surface area contributed by atoms with Crippen molar-refractivity contribution in [3.63, 3.8) is 0 Å². The Hall–Kier alpha value is -2.51. The molecule has 39 heavy (non-hydrogen) atoms. The molecule has 15 heteroatoms. The highest BCUT2D eigenvalue weighted by atomic mass is 35.5. The van der Waals surface area contributed by atoms with E-state index in [0.717, 1.165) is 24.1 Å². The number of likely N-dealkylation sites (tertiary alicyclic amines) is 1. The van der Waals surface area contributed by atoms with Gasteiger partial charge in [-0.15, -0.1) is 0 Å². The number of ether oxygens (including phenoxy) is 1. The van der Waals surface area contributed by atoms with Gasteiger partial charge in [-0.3, -0.25) is 4.79 Å². The maximum Gasteiger partial charge on any atom is 0.534 e. The molecule has 2 heterocycles. The highest BCUT2D eigenvalue weighted by molar-refractivity contribution is 7.88. The second-order valence-electron chi connectivity index (χ2n) is 10.4. The van der Waals surface area contributed by atoms with Gasteiger partial charge in [-0.1, -0.05) is 23.2 Å². The van der Waals surface area contributed by atoms with Gasteiger partial charge in [-0.25, -0.2) is 4.79 Å². The molecule has 2 atom stereocenters. The Kier molecular flexibility index (Phi) is 7.91. The number of aromatic nitrogens is 2. The lowest BCUT2D eigenvalue weighted by atomic mass is 9.91. The molecular formula is C24H26Cl2F3N3O6S. The van der Waals surface area contributed by atoms with Gasteiger partial charge in [0.2, 0.25) is 5.91 Å². The topological polar surface area (TPSA) is 108 Å². The van der Waals surface area contributed by atoms with Crippen molar-refractivity contribution in [3.05, 3.63) is 45.2 Å². The molecule has 0 spiro atoms. The summed E-state index contributed by atoms with van der Waals surface area (Å²) in [6.07, 6.45) is 3.60. The number of halogens is 5. The van der Waals surface area contributed by atoms with Crippen LogP contribution in [0.2, 0.25) is 10.0 Å². The first-order valence-corrected chi connectivity index (χ1v) is 14.2. The number of hydrogen-bond donors (Lipinski definition) is 0. The number of amides is 1. The molecule has 1 unspecified atom stereocenters. The maximum absolute atomic E-state index is 13.4. The third-order valence-corrected chi connectivity index (χ3v) is 8.15. The largest absolute Gasteiger partial charge is 0.534 e. The summed E-state index contributed by atoms with van der Waals surface area (Å²) in [5.41, 5.74) is -4.54. The first kappa shape index (κ1) is 29.5. The zero-order valence-electron chi connectivity index (χ0n) is 21.2. The average Bonchev–Trinajstić information content (AvgIpc) is 3.38. The Morgan fingerprint density at radius 1 is 1.15 bits per heavy atom. The Labute approximate surface area is 233 Å². The van der Waals surface area contributed by atoms with Crippen molar-refractivity contribution in [1.29, 1.82) is 0 Å². The molecule has 0 bridgehead atoms. The molecule has 1 saturated heterocycles. The van der Waals surface area contributed by atoms with Gasteiger partial charge in [0.15, 0.2) is 0 Å². The van der Waals surface area contributed by atoms with E-state index < -0.39 is 39.0 Å². The summed E-state index contributed by atoms with van der Waals surface area (Å²) in [6.45, 7) is 5.72. The van der Waals surface area contributed by atoms with Gasteiger partial charge >= 0.3 is 21.7 Å². The number of hydrogen-bond acceptors (Lipinski definition) is 7. The highest BCUT2D eigenvalue weighted by Crippen LogP contribution is 2.41. The molecule has 1 aromatic carbocycles. The summed E-state index contributed by atoms with van der Waals surface area (Å²) in [5.74, 6) is -1.37. The fraction of sp³-hybridized carbons (Fsp3) is 0.542. The second kappa shape index (κ2) is 10.5. The molecule has 214 valence electrons. The first-order chi connectivity index (χ1) is 18.0. The fourth-order valence-corrected chi connectivity index (χ4v) is 5.89. The molecule has 2 aliphatic rings. The molecule has 9 nitrogen and oxygen atoms in total. The summed E-state index contributed by atoms with van der Waals surface area (Å²) >= 11 is 12.4. The Morgan fingerprint density at radius 2 is 1.79 bits per heavy atom. The van der Waals surface area contributed by atoms with Gasteiger partial charge < -0.3 is 13.8 Å².